The van der Waals surface area contributed by atoms with Crippen LogP contribution in [-0.2, 0) is 0 Å². The number of anilines is 1. The Morgan fingerprint density at radius 1 is 1.33 bits per heavy atom. The van der Waals surface area contributed by atoms with E-state index in [9.17, 15) is 14.7 Å². The van der Waals surface area contributed by atoms with Crippen molar-refractivity contribution < 1.29 is 14.7 Å². The first kappa shape index (κ1) is 17.2. The van der Waals surface area contributed by atoms with E-state index in [1.165, 1.54) is 11.8 Å². The van der Waals surface area contributed by atoms with Crippen LogP contribution in [0.5, 0.6) is 0 Å². The van der Waals surface area contributed by atoms with Gasteiger partial charge in [-0.25, -0.2) is 4.79 Å². The van der Waals surface area contributed by atoms with Gasteiger partial charge in [0.15, 0.2) is 5.78 Å². The lowest BCUT2D eigenvalue weighted by Gasteiger charge is -2.36. The van der Waals surface area contributed by atoms with Crippen LogP contribution in [0.25, 0.3) is 0 Å². The number of rotatable bonds is 4. The molecular formula is C16H24N2O3. The summed E-state index contributed by atoms with van der Waals surface area (Å²) in [5, 5.41) is 12.2. The van der Waals surface area contributed by atoms with Crippen molar-refractivity contribution >= 4 is 17.5 Å². The van der Waals surface area contributed by atoms with Gasteiger partial charge in [-0.05, 0) is 24.5 Å². The van der Waals surface area contributed by atoms with Crippen molar-refractivity contribution in [3.8, 4) is 0 Å². The third-order valence-corrected chi connectivity index (χ3v) is 3.48. The number of aliphatic hydroxyl groups is 1. The fourth-order valence-electron chi connectivity index (χ4n) is 2.15. The Balaban J connectivity index is 2.85. The Kier molecular flexibility index (Phi) is 5.49. The van der Waals surface area contributed by atoms with Crippen molar-refractivity contribution in [3.63, 3.8) is 0 Å². The molecule has 0 spiro atoms. The summed E-state index contributed by atoms with van der Waals surface area (Å²) in [5.74, 6) is -0.0534. The minimum Gasteiger partial charge on any atom is -0.394 e. The molecule has 5 heteroatoms. The molecule has 0 saturated heterocycles. The van der Waals surface area contributed by atoms with Gasteiger partial charge in [-0.2, -0.15) is 0 Å². The minimum absolute atomic E-state index is 0.0534. The summed E-state index contributed by atoms with van der Waals surface area (Å²) in [7, 11) is 1.65. The number of benzene rings is 1. The first-order valence-electron chi connectivity index (χ1n) is 6.92. The molecule has 0 radical (unpaired) electrons. The molecule has 0 bridgehead atoms. The zero-order chi connectivity index (χ0) is 16.2. The third kappa shape index (κ3) is 4.56. The second-order valence-corrected chi connectivity index (χ2v) is 6.24. The molecule has 2 amide bonds. The number of hydrogen-bond acceptors (Lipinski definition) is 3. The molecule has 0 aliphatic carbocycles. The topological polar surface area (TPSA) is 69.6 Å². The highest BCUT2D eigenvalue weighted by molar-refractivity contribution is 5.96. The number of Topliss-reactive ketones (excluding diaryl/α,β-unsaturated/α-hetero) is 1. The largest absolute Gasteiger partial charge is 0.394 e. The number of nitrogens with zero attached hydrogens (tertiary/aromatic N) is 1. The molecule has 1 rings (SSSR count). The minimum atomic E-state index is -0.315. The van der Waals surface area contributed by atoms with Crippen molar-refractivity contribution in [1.82, 2.24) is 4.90 Å². The summed E-state index contributed by atoms with van der Waals surface area (Å²) in [6.45, 7) is 7.27. The molecular weight excluding hydrogens is 268 g/mol. The van der Waals surface area contributed by atoms with Crippen LogP contribution >= 0.6 is 0 Å². The van der Waals surface area contributed by atoms with E-state index < -0.39 is 0 Å². The normalized spacial score (nSPS) is 12.7. The number of carbonyl (C=O) groups excluding carboxylic acids is 2. The van der Waals surface area contributed by atoms with Gasteiger partial charge in [0, 0.05) is 18.3 Å². The van der Waals surface area contributed by atoms with Gasteiger partial charge in [-0.15, -0.1) is 0 Å². The lowest BCUT2D eigenvalue weighted by molar-refractivity contribution is 0.0886. The van der Waals surface area contributed by atoms with E-state index in [2.05, 4.69) is 5.32 Å². The zero-order valence-corrected chi connectivity index (χ0v) is 13.3. The molecule has 0 aliphatic rings. The Bertz CT molecular complexity index is 520. The number of aliphatic hydroxyl groups excluding tert-OH is 1. The van der Waals surface area contributed by atoms with Crippen LogP contribution in [0.1, 0.15) is 38.1 Å². The van der Waals surface area contributed by atoms with E-state index in [0.717, 1.165) is 0 Å². The van der Waals surface area contributed by atoms with Gasteiger partial charge in [0.2, 0.25) is 0 Å². The molecule has 2 N–H and O–H groups in total. The highest BCUT2D eigenvalue weighted by Crippen LogP contribution is 2.24. The first-order valence-corrected chi connectivity index (χ1v) is 6.92. The van der Waals surface area contributed by atoms with Crippen molar-refractivity contribution in [2.45, 2.75) is 33.7 Å². The average Bonchev–Trinajstić information content (AvgIpc) is 2.37. The van der Waals surface area contributed by atoms with Crippen molar-refractivity contribution in [3.05, 3.63) is 29.8 Å². The lowest BCUT2D eigenvalue weighted by Crippen LogP contribution is -2.48. The van der Waals surface area contributed by atoms with Gasteiger partial charge < -0.3 is 15.3 Å². The van der Waals surface area contributed by atoms with Gasteiger partial charge in [0.1, 0.15) is 0 Å². The Morgan fingerprint density at radius 3 is 2.43 bits per heavy atom. The number of nitrogens with one attached hydrogen (secondary N) is 1. The summed E-state index contributed by atoms with van der Waals surface area (Å²) < 4.78 is 0. The van der Waals surface area contributed by atoms with Crippen molar-refractivity contribution in [2.75, 3.05) is 19.0 Å². The van der Waals surface area contributed by atoms with E-state index in [1.54, 1.807) is 31.3 Å². The molecule has 0 aromatic heterocycles. The molecule has 0 saturated carbocycles. The Hall–Kier alpha value is -1.88. The number of likely N-dealkylation sites (N-methyl/N-ethyl adjacent to an activating group) is 1. The fraction of sp³-hybridized carbons (Fsp3) is 0.500. The van der Waals surface area contributed by atoms with Crippen molar-refractivity contribution in [1.29, 1.82) is 0 Å². The fourth-order valence-corrected chi connectivity index (χ4v) is 2.15. The van der Waals surface area contributed by atoms with Gasteiger partial charge in [0.05, 0.1) is 12.6 Å². The standard InChI is InChI=1S/C16H24N2O3/c1-11(20)12-7-6-8-13(9-12)17-15(21)18(5)14(10-19)16(2,3)4/h6-9,14,19H,10H2,1-5H3,(H,17,21)/t14-/m1/s1. The maximum absolute atomic E-state index is 12.3. The quantitative estimate of drug-likeness (QED) is 0.838. The summed E-state index contributed by atoms with van der Waals surface area (Å²) in [6.07, 6.45) is 0. The number of carbonyl (C=O) groups is 2. The summed E-state index contributed by atoms with van der Waals surface area (Å²) in [6, 6.07) is 6.17. The van der Waals surface area contributed by atoms with Gasteiger partial charge >= 0.3 is 6.03 Å². The number of urea groups is 1. The van der Waals surface area contributed by atoms with Crippen LogP contribution in [0.4, 0.5) is 10.5 Å². The lowest BCUT2D eigenvalue weighted by atomic mass is 9.86. The zero-order valence-electron chi connectivity index (χ0n) is 13.3. The van der Waals surface area contributed by atoms with E-state index in [1.807, 2.05) is 20.8 Å². The van der Waals surface area contributed by atoms with Crippen LogP contribution < -0.4 is 5.32 Å². The Morgan fingerprint density at radius 2 is 1.95 bits per heavy atom. The van der Waals surface area contributed by atoms with Gasteiger partial charge in [-0.1, -0.05) is 32.9 Å². The molecule has 1 atom stereocenters. The molecule has 0 fully saturated rings. The van der Waals surface area contributed by atoms with Crippen LogP contribution in [0.3, 0.4) is 0 Å². The SMILES string of the molecule is CC(=O)c1cccc(NC(=O)N(C)[C@H](CO)C(C)(C)C)c1. The predicted molar refractivity (Wildman–Crippen MR) is 83.6 cm³/mol. The van der Waals surface area contributed by atoms with Crippen LogP contribution in [0.2, 0.25) is 0 Å². The number of ketones is 1. The second kappa shape index (κ2) is 6.72. The highest BCUT2D eigenvalue weighted by Gasteiger charge is 2.30. The highest BCUT2D eigenvalue weighted by atomic mass is 16.3. The first-order chi connectivity index (χ1) is 9.66. The maximum atomic E-state index is 12.3. The van der Waals surface area contributed by atoms with E-state index >= 15 is 0 Å². The molecule has 1 aromatic carbocycles. The molecule has 1 aromatic rings. The molecule has 116 valence electrons. The third-order valence-electron chi connectivity index (χ3n) is 3.48. The summed E-state index contributed by atoms with van der Waals surface area (Å²) >= 11 is 0. The summed E-state index contributed by atoms with van der Waals surface area (Å²) in [5.41, 5.74) is 0.873. The van der Waals surface area contributed by atoms with Crippen molar-refractivity contribution in [2.24, 2.45) is 5.41 Å². The van der Waals surface area contributed by atoms with Crippen LogP contribution in [0, 0.1) is 5.41 Å². The molecule has 5 nitrogen and oxygen atoms in total. The summed E-state index contributed by atoms with van der Waals surface area (Å²) in [4.78, 5) is 25.1. The predicted octanol–water partition coefficient (Wildman–Crippen LogP) is 2.76. The number of hydrogen-bond donors (Lipinski definition) is 2. The molecule has 0 heterocycles. The van der Waals surface area contributed by atoms with E-state index in [0.29, 0.717) is 11.3 Å². The van der Waals surface area contributed by atoms with E-state index in [4.69, 9.17) is 0 Å². The van der Waals surface area contributed by atoms with Crippen LogP contribution in [0.15, 0.2) is 24.3 Å². The van der Waals surface area contributed by atoms with E-state index in [-0.39, 0.29) is 29.9 Å². The van der Waals surface area contributed by atoms with Gasteiger partial charge in [0.25, 0.3) is 0 Å². The second-order valence-electron chi connectivity index (χ2n) is 6.24. The monoisotopic (exact) mass is 292 g/mol. The maximum Gasteiger partial charge on any atom is 0.321 e. The Labute approximate surface area is 126 Å². The molecule has 21 heavy (non-hydrogen) atoms. The average molecular weight is 292 g/mol. The smallest absolute Gasteiger partial charge is 0.321 e. The molecule has 0 aliphatic heterocycles. The number of amides is 2. The van der Waals surface area contributed by atoms with Crippen LogP contribution in [-0.4, -0.2) is 41.5 Å². The van der Waals surface area contributed by atoms with Gasteiger partial charge in [-0.3, -0.25) is 4.79 Å². The molecule has 0 unspecified atom stereocenters.